The number of hydrogen-bond acceptors (Lipinski definition) is 3. The van der Waals surface area contributed by atoms with Gasteiger partial charge >= 0.3 is 0 Å². The Labute approximate surface area is 75.0 Å². The maximum atomic E-state index is 9.19. The Morgan fingerprint density at radius 1 is 1.17 bits per heavy atom. The van der Waals surface area contributed by atoms with E-state index in [-0.39, 0.29) is 18.8 Å². The van der Waals surface area contributed by atoms with E-state index in [1.165, 1.54) is 0 Å². The molecule has 0 aromatic heterocycles. The molecule has 0 aromatic carbocycles. The summed E-state index contributed by atoms with van der Waals surface area (Å²) in [4.78, 5) is 2.09. The molecular weight excluding hydrogens is 154 g/mol. The summed E-state index contributed by atoms with van der Waals surface area (Å²) in [7, 11) is 0. The van der Waals surface area contributed by atoms with Crippen LogP contribution in [0, 0.1) is 0 Å². The quantitative estimate of drug-likeness (QED) is 0.638. The van der Waals surface area contributed by atoms with Crippen molar-refractivity contribution in [2.24, 2.45) is 0 Å². The standard InChI is InChI=1S/C9H21NO2/c1-7(2)10(5-9(4)12)8(3)6-11/h7-9,11-12H,5-6H2,1-4H3. The van der Waals surface area contributed by atoms with Crippen molar-refractivity contribution in [2.75, 3.05) is 13.2 Å². The summed E-state index contributed by atoms with van der Waals surface area (Å²) < 4.78 is 0. The van der Waals surface area contributed by atoms with Gasteiger partial charge in [-0.2, -0.15) is 0 Å². The predicted octanol–water partition coefficient (Wildman–Crippen LogP) is 0.458. The molecule has 0 bridgehead atoms. The van der Waals surface area contributed by atoms with E-state index in [1.807, 2.05) is 6.92 Å². The minimum atomic E-state index is -0.332. The Kier molecular flexibility index (Phi) is 5.46. The number of hydrogen-bond donors (Lipinski definition) is 2. The van der Waals surface area contributed by atoms with Crippen molar-refractivity contribution >= 4 is 0 Å². The van der Waals surface area contributed by atoms with Crippen molar-refractivity contribution in [3.63, 3.8) is 0 Å². The molecular formula is C9H21NO2. The van der Waals surface area contributed by atoms with Crippen LogP contribution < -0.4 is 0 Å². The lowest BCUT2D eigenvalue weighted by Gasteiger charge is -2.32. The third kappa shape index (κ3) is 4.04. The van der Waals surface area contributed by atoms with Gasteiger partial charge in [0.15, 0.2) is 0 Å². The molecule has 0 aromatic rings. The Morgan fingerprint density at radius 2 is 1.67 bits per heavy atom. The van der Waals surface area contributed by atoms with Gasteiger partial charge in [-0.1, -0.05) is 0 Å². The van der Waals surface area contributed by atoms with Gasteiger partial charge in [0.1, 0.15) is 0 Å². The summed E-state index contributed by atoms with van der Waals surface area (Å²) in [5, 5.41) is 18.1. The molecule has 0 heterocycles. The monoisotopic (exact) mass is 175 g/mol. The maximum Gasteiger partial charge on any atom is 0.0639 e. The smallest absolute Gasteiger partial charge is 0.0639 e. The van der Waals surface area contributed by atoms with E-state index in [4.69, 9.17) is 5.11 Å². The zero-order valence-electron chi connectivity index (χ0n) is 8.49. The Bertz CT molecular complexity index is 115. The first kappa shape index (κ1) is 11.9. The normalized spacial score (nSPS) is 17.0. The molecule has 2 atom stereocenters. The first-order valence-corrected chi connectivity index (χ1v) is 4.53. The van der Waals surface area contributed by atoms with Gasteiger partial charge in [0.2, 0.25) is 0 Å². The number of nitrogens with zero attached hydrogens (tertiary/aromatic N) is 1. The highest BCUT2D eigenvalue weighted by Gasteiger charge is 2.17. The molecule has 2 unspecified atom stereocenters. The SMILES string of the molecule is CC(O)CN(C(C)C)C(C)CO. The van der Waals surface area contributed by atoms with Gasteiger partial charge in [-0.15, -0.1) is 0 Å². The molecule has 2 N–H and O–H groups in total. The second-order valence-electron chi connectivity index (χ2n) is 3.67. The Morgan fingerprint density at radius 3 is 1.92 bits per heavy atom. The van der Waals surface area contributed by atoms with Crippen molar-refractivity contribution in [1.29, 1.82) is 0 Å². The fraction of sp³-hybridized carbons (Fsp3) is 1.00. The largest absolute Gasteiger partial charge is 0.395 e. The molecule has 74 valence electrons. The predicted molar refractivity (Wildman–Crippen MR) is 50.1 cm³/mol. The molecule has 3 nitrogen and oxygen atoms in total. The van der Waals surface area contributed by atoms with E-state index in [0.29, 0.717) is 12.6 Å². The van der Waals surface area contributed by atoms with E-state index in [0.717, 1.165) is 0 Å². The Balaban J connectivity index is 4.03. The highest BCUT2D eigenvalue weighted by atomic mass is 16.3. The van der Waals surface area contributed by atoms with Crippen molar-refractivity contribution < 1.29 is 10.2 Å². The van der Waals surface area contributed by atoms with Crippen LogP contribution in [0.5, 0.6) is 0 Å². The topological polar surface area (TPSA) is 43.7 Å². The van der Waals surface area contributed by atoms with Gasteiger partial charge in [-0.05, 0) is 27.7 Å². The number of aliphatic hydroxyl groups excluding tert-OH is 2. The summed E-state index contributed by atoms with van der Waals surface area (Å²) in [6.45, 7) is 8.62. The molecule has 3 heteroatoms. The molecule has 0 aliphatic carbocycles. The van der Waals surface area contributed by atoms with Crippen LogP contribution in [-0.4, -0.2) is 46.5 Å². The molecule has 0 saturated heterocycles. The van der Waals surface area contributed by atoms with Crippen LogP contribution in [0.3, 0.4) is 0 Å². The van der Waals surface area contributed by atoms with Crippen LogP contribution in [-0.2, 0) is 0 Å². The van der Waals surface area contributed by atoms with E-state index < -0.39 is 0 Å². The minimum Gasteiger partial charge on any atom is -0.395 e. The van der Waals surface area contributed by atoms with Crippen molar-refractivity contribution in [3.05, 3.63) is 0 Å². The zero-order valence-corrected chi connectivity index (χ0v) is 8.49. The number of aliphatic hydroxyl groups is 2. The first-order valence-electron chi connectivity index (χ1n) is 4.53. The van der Waals surface area contributed by atoms with E-state index in [9.17, 15) is 5.11 Å². The molecule has 0 spiro atoms. The third-order valence-electron chi connectivity index (χ3n) is 1.97. The van der Waals surface area contributed by atoms with Gasteiger partial charge in [-0.25, -0.2) is 0 Å². The van der Waals surface area contributed by atoms with Gasteiger partial charge in [-0.3, -0.25) is 4.90 Å². The second-order valence-corrected chi connectivity index (χ2v) is 3.67. The van der Waals surface area contributed by atoms with Crippen LogP contribution in [0.2, 0.25) is 0 Å². The summed E-state index contributed by atoms with van der Waals surface area (Å²) >= 11 is 0. The molecule has 0 fully saturated rings. The summed E-state index contributed by atoms with van der Waals surface area (Å²) in [5.74, 6) is 0. The fourth-order valence-electron chi connectivity index (χ4n) is 1.31. The molecule has 0 aliphatic rings. The van der Waals surface area contributed by atoms with Gasteiger partial charge < -0.3 is 10.2 Å². The Hall–Kier alpha value is -0.120. The summed E-state index contributed by atoms with van der Waals surface area (Å²) in [5.41, 5.74) is 0. The number of rotatable bonds is 5. The minimum absolute atomic E-state index is 0.125. The van der Waals surface area contributed by atoms with Crippen molar-refractivity contribution in [1.82, 2.24) is 4.90 Å². The lowest BCUT2D eigenvalue weighted by atomic mass is 10.2. The summed E-state index contributed by atoms with van der Waals surface area (Å²) in [6, 6.07) is 0.487. The van der Waals surface area contributed by atoms with Crippen LogP contribution in [0.15, 0.2) is 0 Å². The van der Waals surface area contributed by atoms with Crippen LogP contribution in [0.25, 0.3) is 0 Å². The lowest BCUT2D eigenvalue weighted by molar-refractivity contribution is 0.0562. The molecule has 12 heavy (non-hydrogen) atoms. The van der Waals surface area contributed by atoms with E-state index in [1.54, 1.807) is 6.92 Å². The fourth-order valence-corrected chi connectivity index (χ4v) is 1.31. The van der Waals surface area contributed by atoms with Crippen LogP contribution in [0.1, 0.15) is 27.7 Å². The van der Waals surface area contributed by atoms with E-state index >= 15 is 0 Å². The third-order valence-corrected chi connectivity index (χ3v) is 1.97. The molecule has 0 aliphatic heterocycles. The van der Waals surface area contributed by atoms with Gasteiger partial charge in [0.05, 0.1) is 12.7 Å². The average Bonchev–Trinajstić information content (AvgIpc) is 1.98. The highest BCUT2D eigenvalue weighted by Crippen LogP contribution is 2.05. The lowest BCUT2D eigenvalue weighted by Crippen LogP contribution is -2.44. The zero-order chi connectivity index (χ0) is 9.72. The maximum absolute atomic E-state index is 9.19. The molecule has 0 radical (unpaired) electrons. The van der Waals surface area contributed by atoms with E-state index in [2.05, 4.69) is 18.7 Å². The van der Waals surface area contributed by atoms with Gasteiger partial charge in [0, 0.05) is 18.6 Å². The van der Waals surface area contributed by atoms with Crippen LogP contribution >= 0.6 is 0 Å². The van der Waals surface area contributed by atoms with Crippen LogP contribution in [0.4, 0.5) is 0 Å². The summed E-state index contributed by atoms with van der Waals surface area (Å²) in [6.07, 6.45) is -0.332. The van der Waals surface area contributed by atoms with Crippen molar-refractivity contribution in [2.45, 2.75) is 45.9 Å². The molecule has 0 saturated carbocycles. The molecule has 0 amide bonds. The molecule has 0 rings (SSSR count). The van der Waals surface area contributed by atoms with Crippen molar-refractivity contribution in [3.8, 4) is 0 Å². The first-order chi connectivity index (χ1) is 5.49. The second kappa shape index (κ2) is 5.51. The average molecular weight is 175 g/mol. The van der Waals surface area contributed by atoms with Gasteiger partial charge in [0.25, 0.3) is 0 Å². The highest BCUT2D eigenvalue weighted by molar-refractivity contribution is 4.71.